The van der Waals surface area contributed by atoms with E-state index in [0.29, 0.717) is 0 Å². The number of aryl methyl sites for hydroxylation is 3. The summed E-state index contributed by atoms with van der Waals surface area (Å²) >= 11 is 0. The molecule has 3 nitrogen and oxygen atoms in total. The zero-order chi connectivity index (χ0) is 26.0. The third-order valence-electron chi connectivity index (χ3n) is 5.72. The molecule has 0 atom stereocenters. The largest absolute Gasteiger partial charge is 0.501 e. The van der Waals surface area contributed by atoms with Crippen molar-refractivity contribution in [3.8, 4) is 22.5 Å². The van der Waals surface area contributed by atoms with Crippen molar-refractivity contribution in [2.75, 3.05) is 0 Å². The van der Waals surface area contributed by atoms with E-state index in [9.17, 15) is 0 Å². The minimum atomic E-state index is -2.09. The topological polar surface area (TPSA) is 38.9 Å². The number of nitrogens with zero attached hydrogens (tertiary/aromatic N) is 2. The summed E-state index contributed by atoms with van der Waals surface area (Å²) in [6, 6.07) is 31.2. The molecule has 0 fully saturated rings. The minimum Gasteiger partial charge on any atom is -0.501 e. The van der Waals surface area contributed by atoms with Gasteiger partial charge in [0, 0.05) is 42.0 Å². The average Bonchev–Trinajstić information content (AvgIpc) is 3.30. The summed E-state index contributed by atoms with van der Waals surface area (Å²) < 4.78 is 27.7. The molecule has 0 saturated heterocycles. The molecule has 3 aromatic heterocycles. The van der Waals surface area contributed by atoms with Crippen molar-refractivity contribution in [2.45, 2.75) is 20.7 Å². The Labute approximate surface area is 223 Å². The number of para-hydroxylation sites is 1. The summed E-state index contributed by atoms with van der Waals surface area (Å²) in [5.41, 5.74) is 7.85. The van der Waals surface area contributed by atoms with Gasteiger partial charge in [0.25, 0.3) is 0 Å². The van der Waals surface area contributed by atoms with Crippen molar-refractivity contribution < 1.29 is 28.6 Å². The van der Waals surface area contributed by atoms with Gasteiger partial charge in [-0.1, -0.05) is 52.9 Å². The van der Waals surface area contributed by atoms with Crippen molar-refractivity contribution in [3.63, 3.8) is 0 Å². The van der Waals surface area contributed by atoms with Crippen LogP contribution in [0, 0.1) is 32.8 Å². The van der Waals surface area contributed by atoms with Crippen LogP contribution in [0.25, 0.3) is 44.5 Å². The summed E-state index contributed by atoms with van der Waals surface area (Å²) in [6.45, 7) is 2.07. The molecule has 3 aromatic carbocycles. The molecule has 0 N–H and O–H groups in total. The fourth-order valence-corrected chi connectivity index (χ4v) is 3.75. The quantitative estimate of drug-likeness (QED) is 0.182. The van der Waals surface area contributed by atoms with Gasteiger partial charge in [-0.3, -0.25) is 0 Å². The Hall–Kier alpha value is -3.59. The standard InChI is InChI=1S/C19H14NO.C12H10N.Ir/c1-12-10-17(20-11-13(12)2)16-8-5-7-15-14-6-3-4-9-18(14)21-19(15)16;1-10-7-8-12(13-9-10)11-5-3-2-4-6-11;/h3-7,9-11H,1-2H3;2-5,7-9H,1H3;/q2*-1;/i;1D3;. The number of aromatic nitrogens is 2. The first-order valence-electron chi connectivity index (χ1n) is 12.5. The second-order valence-electron chi connectivity index (χ2n) is 8.06. The average molecular weight is 636 g/mol. The zero-order valence-corrected chi connectivity index (χ0v) is 21.7. The van der Waals surface area contributed by atoms with Gasteiger partial charge in [-0.15, -0.1) is 54.1 Å². The van der Waals surface area contributed by atoms with E-state index in [1.54, 1.807) is 18.2 Å². The molecule has 0 amide bonds. The van der Waals surface area contributed by atoms with Crippen LogP contribution in [-0.4, -0.2) is 9.97 Å². The fourth-order valence-electron chi connectivity index (χ4n) is 3.75. The van der Waals surface area contributed by atoms with E-state index in [1.807, 2.05) is 54.7 Å². The van der Waals surface area contributed by atoms with Crippen molar-refractivity contribution >= 4 is 21.9 Å². The van der Waals surface area contributed by atoms with Crippen molar-refractivity contribution in [3.05, 3.63) is 120 Å². The summed E-state index contributed by atoms with van der Waals surface area (Å²) in [6.07, 6.45) is 3.29. The van der Waals surface area contributed by atoms with Gasteiger partial charge in [-0.25, -0.2) is 0 Å². The molecule has 35 heavy (non-hydrogen) atoms. The smallest absolute Gasteiger partial charge is 0.120 e. The van der Waals surface area contributed by atoms with Gasteiger partial charge in [0.2, 0.25) is 0 Å². The van der Waals surface area contributed by atoms with Gasteiger partial charge in [0.1, 0.15) is 5.58 Å². The Morgan fingerprint density at radius 2 is 1.60 bits per heavy atom. The summed E-state index contributed by atoms with van der Waals surface area (Å²) in [4.78, 5) is 8.66. The Balaban J connectivity index is 0.000000179. The molecule has 6 rings (SSSR count). The Morgan fingerprint density at radius 3 is 2.34 bits per heavy atom. The van der Waals surface area contributed by atoms with Crippen molar-refractivity contribution in [2.24, 2.45) is 0 Å². The Morgan fingerprint density at radius 1 is 0.771 bits per heavy atom. The van der Waals surface area contributed by atoms with Gasteiger partial charge in [0.05, 0.1) is 5.58 Å². The van der Waals surface area contributed by atoms with E-state index in [-0.39, 0.29) is 25.7 Å². The summed E-state index contributed by atoms with van der Waals surface area (Å²) in [5.74, 6) is 0. The van der Waals surface area contributed by atoms with Crippen LogP contribution in [0.4, 0.5) is 0 Å². The SMILES string of the molecule is Cc1cnc(-c2[c-]ccc3c2oc2ccccc23)cc1C.[2H]C([2H])([2H])c1ccc(-c2[c-]cccc2)nc1.[Ir]. The van der Waals surface area contributed by atoms with Gasteiger partial charge in [-0.2, -0.15) is 0 Å². The zero-order valence-electron chi connectivity index (χ0n) is 22.3. The molecule has 175 valence electrons. The Bertz CT molecular complexity index is 1680. The predicted molar refractivity (Wildman–Crippen MR) is 139 cm³/mol. The maximum atomic E-state index is 7.23. The molecular formula is C31H24IrN2O-2. The van der Waals surface area contributed by atoms with Crippen LogP contribution in [0.15, 0.2) is 95.7 Å². The second-order valence-corrected chi connectivity index (χ2v) is 8.06. The molecule has 0 bridgehead atoms. The van der Waals surface area contributed by atoms with Gasteiger partial charge < -0.3 is 14.4 Å². The number of fused-ring (bicyclic) bond motifs is 3. The van der Waals surface area contributed by atoms with Crippen LogP contribution in [0.5, 0.6) is 0 Å². The summed E-state index contributed by atoms with van der Waals surface area (Å²) in [5, 5.41) is 2.24. The molecule has 1 radical (unpaired) electrons. The molecular weight excluding hydrogens is 609 g/mol. The van der Waals surface area contributed by atoms with Gasteiger partial charge in [0.15, 0.2) is 0 Å². The van der Waals surface area contributed by atoms with E-state index in [4.69, 9.17) is 8.53 Å². The molecule has 0 saturated carbocycles. The van der Waals surface area contributed by atoms with Gasteiger partial charge in [-0.05, 0) is 49.3 Å². The number of benzene rings is 3. The van der Waals surface area contributed by atoms with E-state index >= 15 is 0 Å². The number of rotatable bonds is 2. The molecule has 0 aliphatic heterocycles. The fraction of sp³-hybridized carbons (Fsp3) is 0.0968. The van der Waals surface area contributed by atoms with Crippen LogP contribution in [0.3, 0.4) is 0 Å². The number of hydrogen-bond acceptors (Lipinski definition) is 3. The maximum Gasteiger partial charge on any atom is 0.120 e. The maximum absolute atomic E-state index is 7.23. The molecule has 0 aliphatic rings. The third-order valence-corrected chi connectivity index (χ3v) is 5.72. The molecule has 4 heteroatoms. The van der Waals surface area contributed by atoms with E-state index in [2.05, 4.69) is 48.1 Å². The van der Waals surface area contributed by atoms with Gasteiger partial charge >= 0.3 is 0 Å². The molecule has 6 aromatic rings. The molecule has 0 unspecified atom stereocenters. The third kappa shape index (κ3) is 5.24. The minimum absolute atomic E-state index is 0. The monoisotopic (exact) mass is 636 g/mol. The van der Waals surface area contributed by atoms with E-state index < -0.39 is 6.85 Å². The number of pyridine rings is 2. The first kappa shape index (κ1) is 20.8. The molecule has 3 heterocycles. The van der Waals surface area contributed by atoms with Crippen molar-refractivity contribution in [1.29, 1.82) is 0 Å². The number of furan rings is 1. The van der Waals surface area contributed by atoms with Crippen LogP contribution in [-0.2, 0) is 20.1 Å². The molecule has 0 aliphatic carbocycles. The van der Waals surface area contributed by atoms with Crippen molar-refractivity contribution in [1.82, 2.24) is 9.97 Å². The predicted octanol–water partition coefficient (Wildman–Crippen LogP) is 7.92. The second kappa shape index (κ2) is 10.8. The molecule has 0 spiro atoms. The van der Waals surface area contributed by atoms with Crippen LogP contribution in [0.2, 0.25) is 0 Å². The van der Waals surface area contributed by atoms with E-state index in [0.717, 1.165) is 44.5 Å². The normalized spacial score (nSPS) is 12.1. The van der Waals surface area contributed by atoms with Crippen LogP contribution >= 0.6 is 0 Å². The Kier molecular flexibility index (Phi) is 6.39. The van der Waals surface area contributed by atoms with Crippen LogP contribution < -0.4 is 0 Å². The van der Waals surface area contributed by atoms with Crippen LogP contribution in [0.1, 0.15) is 20.8 Å². The first-order chi connectivity index (χ1) is 17.8. The number of hydrogen-bond donors (Lipinski definition) is 0. The summed E-state index contributed by atoms with van der Waals surface area (Å²) in [7, 11) is 0. The van der Waals surface area contributed by atoms with E-state index in [1.165, 1.54) is 17.3 Å². The first-order valence-corrected chi connectivity index (χ1v) is 11.0.